The minimum Gasteiger partial charge on any atom is -0.480 e. The summed E-state index contributed by atoms with van der Waals surface area (Å²) in [6.07, 6.45) is 1.37. The largest absolute Gasteiger partial charge is 0.480 e. The van der Waals surface area contributed by atoms with Crippen molar-refractivity contribution >= 4 is 64.5 Å². The van der Waals surface area contributed by atoms with E-state index in [1.54, 1.807) is 24.3 Å². The zero-order valence-electron chi connectivity index (χ0n) is 17.4. The third-order valence-electron chi connectivity index (χ3n) is 4.90. The Hall–Kier alpha value is -2.82. The second-order valence-electron chi connectivity index (χ2n) is 7.21. The number of nitrogens with zero attached hydrogens (tertiary/aromatic N) is 2. The summed E-state index contributed by atoms with van der Waals surface area (Å²) in [5, 5.41) is 15.0. The molecule has 0 saturated carbocycles. The smallest absolute Gasteiger partial charge is 0.326 e. The number of pyridine rings is 1. The van der Waals surface area contributed by atoms with Gasteiger partial charge in [-0.1, -0.05) is 35.3 Å². The van der Waals surface area contributed by atoms with Crippen LogP contribution in [0.15, 0.2) is 36.5 Å². The Balaban J connectivity index is 1.64. The van der Waals surface area contributed by atoms with E-state index in [-0.39, 0.29) is 33.8 Å². The molecule has 1 aliphatic heterocycles. The average molecular weight is 511 g/mol. The van der Waals surface area contributed by atoms with Crippen molar-refractivity contribution in [3.05, 3.63) is 57.7 Å². The monoisotopic (exact) mass is 510 g/mol. The van der Waals surface area contributed by atoms with Crippen molar-refractivity contribution < 1.29 is 24.3 Å². The number of thioether (sulfide) groups is 1. The first-order valence-electron chi connectivity index (χ1n) is 9.75. The lowest BCUT2D eigenvalue weighted by atomic mass is 10.1. The molecule has 2 unspecified atom stereocenters. The fourth-order valence-electron chi connectivity index (χ4n) is 3.19. The van der Waals surface area contributed by atoms with Crippen LogP contribution >= 0.6 is 35.0 Å². The van der Waals surface area contributed by atoms with E-state index in [1.807, 2.05) is 0 Å². The average Bonchev–Trinajstić information content (AvgIpc) is 3.25. The van der Waals surface area contributed by atoms with Gasteiger partial charge in [-0.3, -0.25) is 14.4 Å². The van der Waals surface area contributed by atoms with E-state index in [4.69, 9.17) is 23.2 Å². The zero-order chi connectivity index (χ0) is 24.1. The summed E-state index contributed by atoms with van der Waals surface area (Å²) in [6, 6.07) is 5.88. The molecule has 0 radical (unpaired) electrons. The third kappa shape index (κ3) is 6.16. The highest BCUT2D eigenvalue weighted by Gasteiger charge is 2.35. The number of carbonyl (C=O) groups excluding carboxylic acids is 3. The molecule has 0 aliphatic carbocycles. The van der Waals surface area contributed by atoms with Crippen molar-refractivity contribution in [1.82, 2.24) is 15.2 Å². The maximum Gasteiger partial charge on any atom is 0.326 e. The molecular weight excluding hydrogens is 491 g/mol. The molecule has 9 nitrogen and oxygen atoms in total. The maximum absolute atomic E-state index is 12.6. The van der Waals surface area contributed by atoms with Gasteiger partial charge in [0.05, 0.1) is 21.5 Å². The highest BCUT2D eigenvalue weighted by atomic mass is 35.5. The molecule has 2 heterocycles. The molecular formula is C21H20Cl2N4O5S. The zero-order valence-corrected chi connectivity index (χ0v) is 19.7. The van der Waals surface area contributed by atoms with Crippen LogP contribution in [0.2, 0.25) is 10.0 Å². The summed E-state index contributed by atoms with van der Waals surface area (Å²) >= 11 is 13.5. The van der Waals surface area contributed by atoms with E-state index >= 15 is 0 Å². The summed E-state index contributed by atoms with van der Waals surface area (Å²) in [7, 11) is 0. The van der Waals surface area contributed by atoms with E-state index in [2.05, 4.69) is 15.6 Å². The second-order valence-corrected chi connectivity index (χ2v) is 9.02. The molecule has 0 spiro atoms. The lowest BCUT2D eigenvalue weighted by Crippen LogP contribution is -2.52. The Morgan fingerprint density at radius 2 is 1.91 bits per heavy atom. The van der Waals surface area contributed by atoms with Crippen LogP contribution in [0, 0.1) is 0 Å². The molecule has 33 heavy (non-hydrogen) atoms. The van der Waals surface area contributed by atoms with Gasteiger partial charge in [0.15, 0.2) is 0 Å². The fraction of sp³-hybridized carbons (Fsp3) is 0.286. The van der Waals surface area contributed by atoms with Crippen molar-refractivity contribution in [2.45, 2.75) is 25.4 Å². The van der Waals surface area contributed by atoms with Crippen LogP contribution in [-0.2, 0) is 20.8 Å². The molecule has 3 amide bonds. The number of amides is 3. The molecule has 2 atom stereocenters. The van der Waals surface area contributed by atoms with Crippen LogP contribution in [0.5, 0.6) is 0 Å². The summed E-state index contributed by atoms with van der Waals surface area (Å²) in [5.74, 6) is -1.50. The first kappa shape index (κ1) is 24.8. The third-order valence-corrected chi connectivity index (χ3v) is 6.54. The minimum atomic E-state index is -1.21. The first-order chi connectivity index (χ1) is 15.7. The van der Waals surface area contributed by atoms with Gasteiger partial charge in [-0.25, -0.2) is 9.78 Å². The topological polar surface area (TPSA) is 129 Å². The summed E-state index contributed by atoms with van der Waals surface area (Å²) in [4.78, 5) is 53.9. The molecule has 1 aliphatic rings. The SMILES string of the molecule is CC(=O)N1CSCC1C(=O)NC(Cc1ccc(NC(=O)c2c(Cl)cccc2Cl)nc1)C(=O)O. The van der Waals surface area contributed by atoms with Crippen LogP contribution in [0.4, 0.5) is 5.82 Å². The van der Waals surface area contributed by atoms with E-state index in [0.29, 0.717) is 17.2 Å². The van der Waals surface area contributed by atoms with E-state index in [0.717, 1.165) is 0 Å². The van der Waals surface area contributed by atoms with Gasteiger partial charge >= 0.3 is 5.97 Å². The van der Waals surface area contributed by atoms with E-state index in [1.165, 1.54) is 35.8 Å². The molecule has 3 N–H and O–H groups in total. The van der Waals surface area contributed by atoms with Gasteiger partial charge < -0.3 is 20.6 Å². The Morgan fingerprint density at radius 1 is 1.21 bits per heavy atom. The van der Waals surface area contributed by atoms with Gasteiger partial charge in [-0.15, -0.1) is 11.8 Å². The van der Waals surface area contributed by atoms with E-state index < -0.39 is 29.9 Å². The number of carboxylic acids is 1. The number of halogens is 2. The summed E-state index contributed by atoms with van der Waals surface area (Å²) in [6.45, 7) is 1.37. The van der Waals surface area contributed by atoms with Gasteiger partial charge in [0.25, 0.3) is 5.91 Å². The Kier molecular flexibility index (Phi) is 8.17. The van der Waals surface area contributed by atoms with E-state index in [9.17, 15) is 24.3 Å². The fourth-order valence-corrected chi connectivity index (χ4v) is 4.97. The highest BCUT2D eigenvalue weighted by molar-refractivity contribution is 7.99. The van der Waals surface area contributed by atoms with Crippen LogP contribution in [-0.4, -0.2) is 62.4 Å². The number of hydrogen-bond donors (Lipinski definition) is 3. The normalized spacial score (nSPS) is 16.2. The molecule has 174 valence electrons. The predicted molar refractivity (Wildman–Crippen MR) is 126 cm³/mol. The maximum atomic E-state index is 12.6. The first-order valence-corrected chi connectivity index (χ1v) is 11.7. The summed E-state index contributed by atoms with van der Waals surface area (Å²) < 4.78 is 0. The van der Waals surface area contributed by atoms with Gasteiger partial charge in [-0.05, 0) is 23.8 Å². The number of rotatable bonds is 7. The molecule has 1 saturated heterocycles. The van der Waals surface area contributed by atoms with Crippen LogP contribution in [0.25, 0.3) is 0 Å². The van der Waals surface area contributed by atoms with Crippen molar-refractivity contribution in [2.75, 3.05) is 16.9 Å². The lowest BCUT2D eigenvalue weighted by Gasteiger charge is -2.23. The molecule has 3 rings (SSSR count). The quantitative estimate of drug-likeness (QED) is 0.522. The molecule has 1 aromatic carbocycles. The summed E-state index contributed by atoms with van der Waals surface area (Å²) in [5.41, 5.74) is 0.644. The standard InChI is InChI=1S/C21H20Cl2N4O5S/c1-11(28)27-10-33-9-16(27)19(29)25-15(21(31)32)7-12-5-6-17(24-8-12)26-20(30)18-13(22)3-2-4-14(18)23/h2-6,8,15-16H,7,9-10H2,1H3,(H,25,29)(H,31,32)(H,24,26,30). The number of anilines is 1. The molecule has 1 fully saturated rings. The second kappa shape index (κ2) is 10.9. The molecule has 1 aromatic heterocycles. The van der Waals surface area contributed by atoms with Crippen LogP contribution < -0.4 is 10.6 Å². The van der Waals surface area contributed by atoms with Gasteiger partial charge in [0.1, 0.15) is 17.9 Å². The molecule has 2 aromatic rings. The number of carbonyl (C=O) groups is 4. The number of hydrogen-bond acceptors (Lipinski definition) is 6. The predicted octanol–water partition coefficient (Wildman–Crippen LogP) is 2.67. The van der Waals surface area contributed by atoms with Crippen molar-refractivity contribution in [3.63, 3.8) is 0 Å². The van der Waals surface area contributed by atoms with Crippen LogP contribution in [0.1, 0.15) is 22.8 Å². The highest BCUT2D eigenvalue weighted by Crippen LogP contribution is 2.25. The van der Waals surface area contributed by atoms with Gasteiger partial charge in [-0.2, -0.15) is 0 Å². The van der Waals surface area contributed by atoms with Crippen LogP contribution in [0.3, 0.4) is 0 Å². The number of aromatic nitrogens is 1. The van der Waals surface area contributed by atoms with Crippen molar-refractivity contribution in [2.24, 2.45) is 0 Å². The number of aliphatic carboxylic acids is 1. The van der Waals surface area contributed by atoms with Crippen molar-refractivity contribution in [1.29, 1.82) is 0 Å². The number of nitrogens with one attached hydrogen (secondary N) is 2. The number of benzene rings is 1. The van der Waals surface area contributed by atoms with Gasteiger partial charge in [0, 0.05) is 25.3 Å². The Labute approximate surface area is 203 Å². The van der Waals surface area contributed by atoms with Crippen molar-refractivity contribution in [3.8, 4) is 0 Å². The molecule has 12 heteroatoms. The number of carboxylic acid groups (broad SMARTS) is 1. The Morgan fingerprint density at radius 3 is 2.48 bits per heavy atom. The lowest BCUT2D eigenvalue weighted by molar-refractivity contribution is -0.143. The van der Waals surface area contributed by atoms with Gasteiger partial charge in [0.2, 0.25) is 11.8 Å². The Bertz CT molecular complexity index is 1060. The molecule has 0 bridgehead atoms. The minimum absolute atomic E-state index is 0.0292.